The fourth-order valence-electron chi connectivity index (χ4n) is 3.70. The smallest absolute Gasteiger partial charge is 0.407 e. The molecule has 0 aliphatic carbocycles. The first-order chi connectivity index (χ1) is 14.7. The molecule has 0 saturated carbocycles. The van der Waals surface area contributed by atoms with Gasteiger partial charge in [0, 0.05) is 24.9 Å². The second kappa shape index (κ2) is 8.43. The molecule has 3 aromatic rings. The van der Waals surface area contributed by atoms with E-state index >= 15 is 0 Å². The molecule has 1 fully saturated rings. The van der Waals surface area contributed by atoms with E-state index in [-0.39, 0.29) is 16.9 Å². The first-order valence-electron chi connectivity index (χ1n) is 9.93. The molecule has 8 nitrogen and oxygen atoms in total. The summed E-state index contributed by atoms with van der Waals surface area (Å²) in [5, 5.41) is 9.63. The molecule has 1 saturated heterocycles. The molecule has 10 heteroatoms. The van der Waals surface area contributed by atoms with E-state index in [1.54, 1.807) is 24.3 Å². The van der Waals surface area contributed by atoms with Gasteiger partial charge in [0.25, 0.3) is 5.19 Å². The average molecular weight is 462 g/mol. The highest BCUT2D eigenvalue weighted by atomic mass is 32.2. The van der Waals surface area contributed by atoms with E-state index in [0.29, 0.717) is 18.3 Å². The summed E-state index contributed by atoms with van der Waals surface area (Å²) < 4.78 is 29.4. The maximum atomic E-state index is 11.6. The molecule has 0 spiro atoms. The summed E-state index contributed by atoms with van der Waals surface area (Å²) >= 11 is 1.37. The Balaban J connectivity index is 1.47. The summed E-state index contributed by atoms with van der Waals surface area (Å²) in [5.74, 6) is 0.277. The number of amides is 1. The molecule has 3 heterocycles. The lowest BCUT2D eigenvalue weighted by Gasteiger charge is -2.32. The molecule has 1 aromatic carbocycles. The molecule has 1 amide bonds. The number of rotatable bonds is 5. The molecule has 1 atom stereocenters. The van der Waals surface area contributed by atoms with Gasteiger partial charge in [-0.15, -0.1) is 0 Å². The van der Waals surface area contributed by atoms with Gasteiger partial charge >= 0.3 is 6.09 Å². The number of carbonyl (C=O) groups is 1. The summed E-state index contributed by atoms with van der Waals surface area (Å²) in [6.45, 7) is 3.04. The molecule has 1 aliphatic heterocycles. The Hall–Kier alpha value is -2.72. The Morgan fingerprint density at radius 2 is 1.84 bits per heavy atom. The number of hydrogen-bond donors (Lipinski definition) is 1. The van der Waals surface area contributed by atoms with Gasteiger partial charge in [0.05, 0.1) is 10.6 Å². The minimum absolute atomic E-state index is 0.0699. The fraction of sp³-hybridized carbons (Fsp3) is 0.381. The fourth-order valence-corrected chi connectivity index (χ4v) is 5.20. The number of piperidine rings is 1. The number of nitrogens with zero attached hydrogens (tertiary/aromatic N) is 3. The number of likely N-dealkylation sites (tertiary alicyclic amines) is 1. The Bertz CT molecular complexity index is 1200. The van der Waals surface area contributed by atoms with Crippen LogP contribution in [0.5, 0.6) is 5.19 Å². The van der Waals surface area contributed by atoms with Crippen molar-refractivity contribution in [1.82, 2.24) is 14.9 Å². The van der Waals surface area contributed by atoms with Gasteiger partial charge in [0.15, 0.2) is 9.84 Å². The highest BCUT2D eigenvalue weighted by Gasteiger charge is 2.27. The van der Waals surface area contributed by atoms with E-state index in [0.717, 1.165) is 34.4 Å². The maximum absolute atomic E-state index is 11.6. The van der Waals surface area contributed by atoms with Gasteiger partial charge in [-0.1, -0.05) is 23.5 Å². The van der Waals surface area contributed by atoms with Crippen molar-refractivity contribution < 1.29 is 23.1 Å². The molecule has 31 heavy (non-hydrogen) atoms. The standard InChI is InChI=1S/C21H23N3O5S2/c1-13(14-9-11-24(12-10-14)21(25)26)29-20-23-18-8-7-17(22-19(18)30-20)15-3-5-16(6-4-15)31(2,27)28/h3-8,13-14H,9-12H2,1-2H3,(H,25,26). The van der Waals surface area contributed by atoms with Crippen LogP contribution < -0.4 is 4.74 Å². The van der Waals surface area contributed by atoms with Gasteiger partial charge in [-0.05, 0) is 49.9 Å². The van der Waals surface area contributed by atoms with Crippen LogP contribution in [0.1, 0.15) is 19.8 Å². The topological polar surface area (TPSA) is 110 Å². The summed E-state index contributed by atoms with van der Waals surface area (Å²) in [5.41, 5.74) is 2.30. The lowest BCUT2D eigenvalue weighted by molar-refractivity contribution is 0.0813. The van der Waals surface area contributed by atoms with Crippen LogP contribution in [-0.4, -0.2) is 59.9 Å². The zero-order valence-electron chi connectivity index (χ0n) is 17.2. The highest BCUT2D eigenvalue weighted by Crippen LogP contribution is 2.32. The van der Waals surface area contributed by atoms with Crippen molar-refractivity contribution >= 4 is 37.6 Å². The van der Waals surface area contributed by atoms with E-state index < -0.39 is 15.9 Å². The summed E-state index contributed by atoms with van der Waals surface area (Å²) in [7, 11) is -3.24. The number of ether oxygens (including phenoxy) is 1. The highest BCUT2D eigenvalue weighted by molar-refractivity contribution is 7.90. The molecule has 2 aromatic heterocycles. The monoisotopic (exact) mass is 461 g/mol. The van der Waals surface area contributed by atoms with Crippen molar-refractivity contribution in [2.75, 3.05) is 19.3 Å². The van der Waals surface area contributed by atoms with Crippen LogP contribution in [-0.2, 0) is 9.84 Å². The van der Waals surface area contributed by atoms with Gasteiger partial charge in [-0.25, -0.2) is 23.2 Å². The normalized spacial score (nSPS) is 16.4. The number of thiazole rings is 1. The number of benzene rings is 1. The number of pyridine rings is 1. The van der Waals surface area contributed by atoms with Crippen LogP contribution in [0.3, 0.4) is 0 Å². The van der Waals surface area contributed by atoms with E-state index in [1.165, 1.54) is 22.5 Å². The van der Waals surface area contributed by atoms with Crippen LogP contribution in [0, 0.1) is 5.92 Å². The zero-order chi connectivity index (χ0) is 22.2. The van der Waals surface area contributed by atoms with E-state index in [4.69, 9.17) is 9.84 Å². The first-order valence-corrected chi connectivity index (χ1v) is 12.6. The predicted octanol–water partition coefficient (Wildman–Crippen LogP) is 3.92. The van der Waals surface area contributed by atoms with Crippen molar-refractivity contribution in [2.45, 2.75) is 30.8 Å². The Kier molecular flexibility index (Phi) is 5.85. The average Bonchev–Trinajstić information content (AvgIpc) is 3.14. The predicted molar refractivity (Wildman–Crippen MR) is 118 cm³/mol. The van der Waals surface area contributed by atoms with Crippen molar-refractivity contribution in [1.29, 1.82) is 0 Å². The molecule has 0 bridgehead atoms. The number of hydrogen-bond acceptors (Lipinski definition) is 7. The number of aromatic nitrogens is 2. The van der Waals surface area contributed by atoms with E-state index in [2.05, 4.69) is 9.97 Å². The Morgan fingerprint density at radius 3 is 2.45 bits per heavy atom. The molecular formula is C21H23N3O5S2. The second-order valence-electron chi connectivity index (χ2n) is 7.73. The summed E-state index contributed by atoms with van der Waals surface area (Å²) in [4.78, 5) is 22.7. The van der Waals surface area contributed by atoms with Crippen LogP contribution in [0.15, 0.2) is 41.3 Å². The number of fused-ring (bicyclic) bond motifs is 1. The van der Waals surface area contributed by atoms with Crippen LogP contribution in [0.4, 0.5) is 4.79 Å². The Labute approximate surface area is 184 Å². The van der Waals surface area contributed by atoms with Gasteiger partial charge < -0.3 is 14.7 Å². The molecular weight excluding hydrogens is 438 g/mol. The van der Waals surface area contributed by atoms with Crippen LogP contribution in [0.2, 0.25) is 0 Å². The van der Waals surface area contributed by atoms with Gasteiger partial charge in [-0.3, -0.25) is 0 Å². The van der Waals surface area contributed by atoms with Crippen molar-refractivity contribution in [3.8, 4) is 16.5 Å². The maximum Gasteiger partial charge on any atom is 0.407 e. The lowest BCUT2D eigenvalue weighted by Crippen LogP contribution is -2.41. The lowest BCUT2D eigenvalue weighted by atomic mass is 9.92. The molecule has 1 aliphatic rings. The molecule has 1 unspecified atom stereocenters. The third-order valence-electron chi connectivity index (χ3n) is 5.57. The molecule has 0 radical (unpaired) electrons. The van der Waals surface area contributed by atoms with E-state index in [9.17, 15) is 13.2 Å². The largest absolute Gasteiger partial charge is 0.467 e. The van der Waals surface area contributed by atoms with Gasteiger partial charge in [0.1, 0.15) is 16.5 Å². The summed E-state index contributed by atoms with van der Waals surface area (Å²) in [6.07, 6.45) is 1.78. The van der Waals surface area contributed by atoms with Crippen molar-refractivity contribution in [3.63, 3.8) is 0 Å². The quantitative estimate of drug-likeness (QED) is 0.613. The van der Waals surface area contributed by atoms with Crippen molar-refractivity contribution in [3.05, 3.63) is 36.4 Å². The molecule has 164 valence electrons. The van der Waals surface area contributed by atoms with Crippen LogP contribution in [0.25, 0.3) is 21.6 Å². The summed E-state index contributed by atoms with van der Waals surface area (Å²) in [6, 6.07) is 10.4. The third kappa shape index (κ3) is 4.80. The first kappa shape index (κ1) is 21.5. The molecule has 4 rings (SSSR count). The minimum Gasteiger partial charge on any atom is -0.467 e. The third-order valence-corrected chi connectivity index (χ3v) is 7.56. The number of sulfone groups is 1. The van der Waals surface area contributed by atoms with Gasteiger partial charge in [-0.2, -0.15) is 0 Å². The molecule has 1 N–H and O–H groups in total. The second-order valence-corrected chi connectivity index (χ2v) is 10.7. The zero-order valence-corrected chi connectivity index (χ0v) is 18.8. The van der Waals surface area contributed by atoms with Crippen molar-refractivity contribution in [2.24, 2.45) is 5.92 Å². The van der Waals surface area contributed by atoms with Gasteiger partial charge in [0.2, 0.25) is 0 Å². The number of carboxylic acid groups (broad SMARTS) is 1. The minimum atomic E-state index is -3.24. The Morgan fingerprint density at radius 1 is 1.16 bits per heavy atom. The SMILES string of the molecule is CC(Oc1nc2ccc(-c3ccc(S(C)(=O)=O)cc3)nc2s1)C1CCN(C(=O)O)CC1. The van der Waals surface area contributed by atoms with Crippen LogP contribution >= 0.6 is 11.3 Å². The van der Waals surface area contributed by atoms with E-state index in [1.807, 2.05) is 19.1 Å².